The molecule has 0 aliphatic carbocycles. The molecule has 0 aliphatic heterocycles. The predicted molar refractivity (Wildman–Crippen MR) is 71.3 cm³/mol. The maximum absolute atomic E-state index is 11.4. The molecule has 0 saturated heterocycles. The smallest absolute Gasteiger partial charge is 0.267 e. The molecule has 3 aromatic rings. The number of hydrogen-bond acceptors (Lipinski definition) is 4. The molecule has 0 spiro atoms. The van der Waals surface area contributed by atoms with Crippen LogP contribution in [0.2, 0.25) is 0 Å². The highest BCUT2D eigenvalue weighted by molar-refractivity contribution is 5.98. The van der Waals surface area contributed by atoms with E-state index in [0.717, 1.165) is 16.6 Å². The molecule has 0 unspecified atom stereocenters. The van der Waals surface area contributed by atoms with Gasteiger partial charge < -0.3 is 5.73 Å². The standard InChI is InChI=1S/C14H10N4O/c15-14(19)13-10(3-1-6-17-13)9-7-12-11(18-8-9)4-2-5-16-12/h1-8H,(H2,15,19). The van der Waals surface area contributed by atoms with E-state index in [0.29, 0.717) is 5.56 Å². The summed E-state index contributed by atoms with van der Waals surface area (Å²) in [5, 5.41) is 0. The third-order valence-electron chi connectivity index (χ3n) is 2.80. The maximum atomic E-state index is 11.4. The van der Waals surface area contributed by atoms with Gasteiger partial charge in [0.05, 0.1) is 11.0 Å². The van der Waals surface area contributed by atoms with Crippen LogP contribution in [0.4, 0.5) is 0 Å². The molecule has 2 N–H and O–H groups in total. The van der Waals surface area contributed by atoms with Crippen molar-refractivity contribution in [3.05, 3.63) is 54.6 Å². The monoisotopic (exact) mass is 250 g/mol. The lowest BCUT2D eigenvalue weighted by Gasteiger charge is -2.06. The average molecular weight is 250 g/mol. The molecule has 0 atom stereocenters. The lowest BCUT2D eigenvalue weighted by atomic mass is 10.1. The van der Waals surface area contributed by atoms with Gasteiger partial charge in [0.1, 0.15) is 5.69 Å². The summed E-state index contributed by atoms with van der Waals surface area (Å²) in [5.74, 6) is -0.559. The summed E-state index contributed by atoms with van der Waals surface area (Å²) in [6.45, 7) is 0. The lowest BCUT2D eigenvalue weighted by Crippen LogP contribution is -2.14. The molecule has 0 aromatic carbocycles. The highest BCUT2D eigenvalue weighted by Gasteiger charge is 2.11. The lowest BCUT2D eigenvalue weighted by molar-refractivity contribution is 0.0996. The zero-order valence-electron chi connectivity index (χ0n) is 9.95. The summed E-state index contributed by atoms with van der Waals surface area (Å²) >= 11 is 0. The van der Waals surface area contributed by atoms with E-state index in [9.17, 15) is 4.79 Å². The number of rotatable bonds is 2. The number of carbonyl (C=O) groups is 1. The van der Waals surface area contributed by atoms with E-state index in [1.807, 2.05) is 18.2 Å². The van der Waals surface area contributed by atoms with Crippen LogP contribution in [-0.4, -0.2) is 20.9 Å². The molecule has 0 bridgehead atoms. The topological polar surface area (TPSA) is 81.8 Å². The summed E-state index contributed by atoms with van der Waals surface area (Å²) in [6.07, 6.45) is 4.93. The highest BCUT2D eigenvalue weighted by Crippen LogP contribution is 2.23. The van der Waals surface area contributed by atoms with Crippen LogP contribution >= 0.6 is 0 Å². The van der Waals surface area contributed by atoms with E-state index < -0.39 is 5.91 Å². The summed E-state index contributed by atoms with van der Waals surface area (Å²) in [4.78, 5) is 24.0. The van der Waals surface area contributed by atoms with Crippen LogP contribution in [0.5, 0.6) is 0 Å². The van der Waals surface area contributed by atoms with E-state index >= 15 is 0 Å². The fourth-order valence-corrected chi connectivity index (χ4v) is 1.93. The van der Waals surface area contributed by atoms with Crippen LogP contribution in [0.1, 0.15) is 10.5 Å². The first-order chi connectivity index (χ1) is 9.25. The first kappa shape index (κ1) is 11.3. The Morgan fingerprint density at radius 1 is 1.00 bits per heavy atom. The Morgan fingerprint density at radius 2 is 1.79 bits per heavy atom. The van der Waals surface area contributed by atoms with Crippen molar-refractivity contribution in [1.29, 1.82) is 0 Å². The second-order valence-corrected chi connectivity index (χ2v) is 4.03. The van der Waals surface area contributed by atoms with Gasteiger partial charge >= 0.3 is 0 Å². The number of pyridine rings is 3. The Labute approximate surface area is 109 Å². The highest BCUT2D eigenvalue weighted by atomic mass is 16.1. The van der Waals surface area contributed by atoms with E-state index in [2.05, 4.69) is 15.0 Å². The van der Waals surface area contributed by atoms with Crippen LogP contribution in [0.25, 0.3) is 22.2 Å². The number of fused-ring (bicyclic) bond motifs is 1. The molecule has 3 aromatic heterocycles. The Hall–Kier alpha value is -2.82. The van der Waals surface area contributed by atoms with Crippen molar-refractivity contribution in [2.45, 2.75) is 0 Å². The van der Waals surface area contributed by atoms with E-state index in [1.54, 1.807) is 24.5 Å². The van der Waals surface area contributed by atoms with Crippen molar-refractivity contribution in [3.63, 3.8) is 0 Å². The molecule has 3 rings (SSSR count). The molecular formula is C14H10N4O. The first-order valence-corrected chi connectivity index (χ1v) is 5.71. The van der Waals surface area contributed by atoms with Crippen LogP contribution in [0.3, 0.4) is 0 Å². The van der Waals surface area contributed by atoms with Gasteiger partial charge in [0.15, 0.2) is 0 Å². The van der Waals surface area contributed by atoms with E-state index in [1.165, 1.54) is 6.20 Å². The Morgan fingerprint density at radius 3 is 2.63 bits per heavy atom. The quantitative estimate of drug-likeness (QED) is 0.751. The van der Waals surface area contributed by atoms with Gasteiger partial charge in [0.2, 0.25) is 0 Å². The maximum Gasteiger partial charge on any atom is 0.267 e. The number of nitrogens with two attached hydrogens (primary N) is 1. The third kappa shape index (κ3) is 2.01. The Bertz CT molecular complexity index is 770. The Kier molecular flexibility index (Phi) is 2.64. The van der Waals surface area contributed by atoms with Crippen molar-refractivity contribution in [2.75, 3.05) is 0 Å². The molecule has 5 nitrogen and oxygen atoms in total. The molecule has 0 saturated carbocycles. The molecule has 1 amide bonds. The molecular weight excluding hydrogens is 240 g/mol. The van der Waals surface area contributed by atoms with Crippen molar-refractivity contribution in [2.24, 2.45) is 5.73 Å². The summed E-state index contributed by atoms with van der Waals surface area (Å²) in [7, 11) is 0. The second kappa shape index (κ2) is 4.45. The fraction of sp³-hybridized carbons (Fsp3) is 0. The number of carbonyl (C=O) groups excluding carboxylic acids is 1. The number of amides is 1. The fourth-order valence-electron chi connectivity index (χ4n) is 1.93. The van der Waals surface area contributed by atoms with Gasteiger partial charge in [-0.3, -0.25) is 19.7 Å². The molecule has 0 fully saturated rings. The minimum atomic E-state index is -0.559. The van der Waals surface area contributed by atoms with Crippen LogP contribution in [0.15, 0.2) is 48.9 Å². The molecule has 0 aliphatic rings. The number of primary amides is 1. The Balaban J connectivity index is 2.22. The minimum Gasteiger partial charge on any atom is -0.364 e. The van der Waals surface area contributed by atoms with E-state index in [-0.39, 0.29) is 5.69 Å². The number of hydrogen-bond donors (Lipinski definition) is 1. The van der Waals surface area contributed by atoms with Crippen molar-refractivity contribution >= 4 is 16.9 Å². The number of aromatic nitrogens is 3. The van der Waals surface area contributed by atoms with Gasteiger partial charge in [0, 0.05) is 29.7 Å². The largest absolute Gasteiger partial charge is 0.364 e. The van der Waals surface area contributed by atoms with Crippen LogP contribution < -0.4 is 5.73 Å². The second-order valence-electron chi connectivity index (χ2n) is 4.03. The first-order valence-electron chi connectivity index (χ1n) is 5.71. The molecule has 3 heterocycles. The van der Waals surface area contributed by atoms with Gasteiger partial charge in [-0.05, 0) is 24.3 Å². The minimum absolute atomic E-state index is 0.236. The normalized spacial score (nSPS) is 10.5. The predicted octanol–water partition coefficient (Wildman–Crippen LogP) is 1.79. The van der Waals surface area contributed by atoms with Gasteiger partial charge in [0.25, 0.3) is 5.91 Å². The van der Waals surface area contributed by atoms with Gasteiger partial charge in [-0.1, -0.05) is 6.07 Å². The summed E-state index contributed by atoms with van der Waals surface area (Å²) in [5.41, 5.74) is 8.56. The third-order valence-corrected chi connectivity index (χ3v) is 2.80. The molecule has 0 radical (unpaired) electrons. The van der Waals surface area contributed by atoms with Crippen LogP contribution in [-0.2, 0) is 0 Å². The number of nitrogens with zero attached hydrogens (tertiary/aromatic N) is 3. The summed E-state index contributed by atoms with van der Waals surface area (Å²) in [6, 6.07) is 9.12. The van der Waals surface area contributed by atoms with Crippen LogP contribution in [0, 0.1) is 0 Å². The van der Waals surface area contributed by atoms with Crippen molar-refractivity contribution < 1.29 is 4.79 Å². The summed E-state index contributed by atoms with van der Waals surface area (Å²) < 4.78 is 0. The molecule has 92 valence electrons. The van der Waals surface area contributed by atoms with Gasteiger partial charge in [-0.25, -0.2) is 0 Å². The van der Waals surface area contributed by atoms with Crippen molar-refractivity contribution in [3.8, 4) is 11.1 Å². The van der Waals surface area contributed by atoms with Gasteiger partial charge in [-0.15, -0.1) is 0 Å². The van der Waals surface area contributed by atoms with Crippen molar-refractivity contribution in [1.82, 2.24) is 15.0 Å². The van der Waals surface area contributed by atoms with E-state index in [4.69, 9.17) is 5.73 Å². The zero-order chi connectivity index (χ0) is 13.2. The zero-order valence-corrected chi connectivity index (χ0v) is 9.95. The molecule has 19 heavy (non-hydrogen) atoms. The van der Waals surface area contributed by atoms with Gasteiger partial charge in [-0.2, -0.15) is 0 Å². The SMILES string of the molecule is NC(=O)c1ncccc1-c1cnc2cccnc2c1. The molecule has 5 heteroatoms. The average Bonchev–Trinajstić information content (AvgIpc) is 2.46.